The summed E-state index contributed by atoms with van der Waals surface area (Å²) < 4.78 is 51.7. The number of pyridine rings is 1. The van der Waals surface area contributed by atoms with Crippen LogP contribution < -0.4 is 0 Å². The summed E-state index contributed by atoms with van der Waals surface area (Å²) in [6, 6.07) is 1.62. The van der Waals surface area contributed by atoms with Crippen molar-refractivity contribution in [2.75, 3.05) is 24.6 Å². The Balaban J connectivity index is 1.36. The van der Waals surface area contributed by atoms with Crippen LogP contribution in [0.15, 0.2) is 12.3 Å². The SMILES string of the molecule is Fc1cc([C@H]2CC[C@@H](N3CCC4(CSC4)C3)CC2)cnc1C(F)(F)F. The van der Waals surface area contributed by atoms with Crippen LogP contribution in [0.25, 0.3) is 0 Å². The molecule has 0 unspecified atom stereocenters. The Labute approximate surface area is 149 Å². The molecule has 0 N–H and O–H groups in total. The molecule has 138 valence electrons. The predicted molar refractivity (Wildman–Crippen MR) is 90.1 cm³/mol. The van der Waals surface area contributed by atoms with Crippen molar-refractivity contribution in [2.45, 2.75) is 50.2 Å². The van der Waals surface area contributed by atoms with E-state index < -0.39 is 17.7 Å². The maximum atomic E-state index is 13.8. The molecule has 0 radical (unpaired) electrons. The Kier molecular flexibility index (Phi) is 4.51. The van der Waals surface area contributed by atoms with Gasteiger partial charge in [0.15, 0.2) is 11.5 Å². The van der Waals surface area contributed by atoms with Crippen LogP contribution in [-0.4, -0.2) is 40.5 Å². The van der Waals surface area contributed by atoms with Crippen LogP contribution in [0.5, 0.6) is 0 Å². The summed E-state index contributed by atoms with van der Waals surface area (Å²) in [7, 11) is 0. The third-order valence-corrected chi connectivity index (χ3v) is 7.73. The summed E-state index contributed by atoms with van der Waals surface area (Å²) >= 11 is 2.03. The molecule has 0 aromatic carbocycles. The van der Waals surface area contributed by atoms with Crippen LogP contribution >= 0.6 is 11.8 Å². The average molecular weight is 374 g/mol. The highest BCUT2D eigenvalue weighted by Crippen LogP contribution is 2.47. The van der Waals surface area contributed by atoms with Crippen LogP contribution in [0.4, 0.5) is 17.6 Å². The second-order valence-electron chi connectivity index (χ2n) is 7.82. The number of alkyl halides is 3. The lowest BCUT2D eigenvalue weighted by atomic mass is 9.81. The fourth-order valence-corrected chi connectivity index (χ4v) is 5.82. The Bertz CT molecular complexity index is 636. The Morgan fingerprint density at radius 2 is 1.88 bits per heavy atom. The van der Waals surface area contributed by atoms with Gasteiger partial charge in [-0.25, -0.2) is 9.37 Å². The van der Waals surface area contributed by atoms with Crippen molar-refractivity contribution in [3.63, 3.8) is 0 Å². The zero-order valence-corrected chi connectivity index (χ0v) is 14.8. The van der Waals surface area contributed by atoms with Crippen molar-refractivity contribution < 1.29 is 17.6 Å². The van der Waals surface area contributed by atoms with E-state index in [-0.39, 0.29) is 5.92 Å². The molecule has 2 aliphatic heterocycles. The topological polar surface area (TPSA) is 16.1 Å². The number of thioether (sulfide) groups is 1. The molecule has 7 heteroatoms. The lowest BCUT2D eigenvalue weighted by Gasteiger charge is -2.40. The third kappa shape index (κ3) is 3.42. The summed E-state index contributed by atoms with van der Waals surface area (Å²) in [5, 5.41) is 0. The zero-order chi connectivity index (χ0) is 17.7. The molecule has 1 aliphatic carbocycles. The molecular weight excluding hydrogens is 352 g/mol. The van der Waals surface area contributed by atoms with Crippen LogP contribution in [-0.2, 0) is 6.18 Å². The number of hydrogen-bond acceptors (Lipinski definition) is 3. The first-order valence-corrected chi connectivity index (χ1v) is 10.1. The van der Waals surface area contributed by atoms with Crippen molar-refractivity contribution in [3.8, 4) is 0 Å². The molecule has 2 saturated heterocycles. The van der Waals surface area contributed by atoms with Gasteiger partial charge >= 0.3 is 6.18 Å². The molecule has 3 heterocycles. The second-order valence-corrected chi connectivity index (χ2v) is 8.80. The van der Waals surface area contributed by atoms with Gasteiger partial charge in [-0.15, -0.1) is 0 Å². The van der Waals surface area contributed by atoms with E-state index in [1.54, 1.807) is 0 Å². The quantitative estimate of drug-likeness (QED) is 0.698. The summed E-state index contributed by atoms with van der Waals surface area (Å²) in [5.74, 6) is 1.44. The molecule has 2 nitrogen and oxygen atoms in total. The Hall–Kier alpha value is -0.820. The average Bonchev–Trinajstić information content (AvgIpc) is 3.00. The number of nitrogens with zero attached hydrogens (tertiary/aromatic N) is 2. The van der Waals surface area contributed by atoms with E-state index in [0.29, 0.717) is 17.0 Å². The van der Waals surface area contributed by atoms with Crippen LogP contribution in [0.1, 0.15) is 49.3 Å². The summed E-state index contributed by atoms with van der Waals surface area (Å²) in [4.78, 5) is 5.96. The van der Waals surface area contributed by atoms with Gasteiger partial charge in [0.25, 0.3) is 0 Å². The molecule has 0 atom stereocenters. The molecule has 0 bridgehead atoms. The molecule has 1 aromatic rings. The van der Waals surface area contributed by atoms with Crippen molar-refractivity contribution >= 4 is 11.8 Å². The zero-order valence-electron chi connectivity index (χ0n) is 14.0. The first kappa shape index (κ1) is 17.6. The highest BCUT2D eigenvalue weighted by Gasteiger charge is 2.45. The van der Waals surface area contributed by atoms with Crippen LogP contribution in [0.3, 0.4) is 0 Å². The number of aromatic nitrogens is 1. The molecule has 0 amide bonds. The van der Waals surface area contributed by atoms with E-state index in [2.05, 4.69) is 9.88 Å². The monoisotopic (exact) mass is 374 g/mol. The fraction of sp³-hybridized carbons (Fsp3) is 0.722. The maximum Gasteiger partial charge on any atom is 0.436 e. The normalized spacial score (nSPS) is 29.8. The van der Waals surface area contributed by atoms with E-state index in [1.165, 1.54) is 37.2 Å². The van der Waals surface area contributed by atoms with Crippen molar-refractivity contribution in [2.24, 2.45) is 5.41 Å². The molecule has 25 heavy (non-hydrogen) atoms. The third-order valence-electron chi connectivity index (χ3n) is 6.10. The van der Waals surface area contributed by atoms with Crippen molar-refractivity contribution in [1.82, 2.24) is 9.88 Å². The van der Waals surface area contributed by atoms with Gasteiger partial charge in [-0.2, -0.15) is 24.9 Å². The van der Waals surface area contributed by atoms with Gasteiger partial charge in [-0.05, 0) is 56.2 Å². The summed E-state index contributed by atoms with van der Waals surface area (Å²) in [6.45, 7) is 2.37. The van der Waals surface area contributed by atoms with Gasteiger partial charge in [-0.1, -0.05) is 0 Å². The number of likely N-dealkylation sites (tertiary alicyclic amines) is 1. The van der Waals surface area contributed by atoms with Crippen LogP contribution in [0.2, 0.25) is 0 Å². The standard InChI is InChI=1S/C18H22F4N2S/c19-15-7-13(8-23-16(15)18(20,21)22)12-1-3-14(4-2-12)24-6-5-17(9-24)10-25-11-17/h7-8,12,14H,1-6,9-11H2/t12-,14+. The minimum Gasteiger partial charge on any atom is -0.300 e. The first-order chi connectivity index (χ1) is 11.9. The molecule has 1 spiro atoms. The van der Waals surface area contributed by atoms with Gasteiger partial charge in [0.05, 0.1) is 0 Å². The van der Waals surface area contributed by atoms with Gasteiger partial charge in [0, 0.05) is 35.7 Å². The van der Waals surface area contributed by atoms with Crippen molar-refractivity contribution in [3.05, 3.63) is 29.3 Å². The predicted octanol–water partition coefficient (Wildman–Crippen LogP) is 4.70. The Morgan fingerprint density at radius 3 is 2.40 bits per heavy atom. The number of halogens is 4. The van der Waals surface area contributed by atoms with E-state index in [0.717, 1.165) is 31.7 Å². The highest BCUT2D eigenvalue weighted by atomic mass is 32.2. The number of hydrogen-bond donors (Lipinski definition) is 0. The Morgan fingerprint density at radius 1 is 1.16 bits per heavy atom. The first-order valence-electron chi connectivity index (χ1n) is 8.91. The van der Waals surface area contributed by atoms with E-state index in [1.807, 2.05) is 11.8 Å². The summed E-state index contributed by atoms with van der Waals surface area (Å²) in [6.07, 6.45) is 1.66. The fourth-order valence-electron chi connectivity index (χ4n) is 4.57. The number of rotatable bonds is 2. The van der Waals surface area contributed by atoms with Gasteiger partial charge in [0.2, 0.25) is 0 Å². The molecule has 3 aliphatic rings. The van der Waals surface area contributed by atoms with E-state index in [9.17, 15) is 17.6 Å². The molecule has 1 aromatic heterocycles. The van der Waals surface area contributed by atoms with E-state index >= 15 is 0 Å². The largest absolute Gasteiger partial charge is 0.436 e. The smallest absolute Gasteiger partial charge is 0.300 e. The lowest BCUT2D eigenvalue weighted by Crippen LogP contribution is -2.42. The van der Waals surface area contributed by atoms with Gasteiger partial charge in [0.1, 0.15) is 0 Å². The van der Waals surface area contributed by atoms with Crippen molar-refractivity contribution in [1.29, 1.82) is 0 Å². The second kappa shape index (κ2) is 6.41. The van der Waals surface area contributed by atoms with E-state index in [4.69, 9.17) is 0 Å². The van der Waals surface area contributed by atoms with Crippen LogP contribution in [0, 0.1) is 11.2 Å². The minimum absolute atomic E-state index is 0.122. The molecule has 4 rings (SSSR count). The summed E-state index contributed by atoms with van der Waals surface area (Å²) in [5.41, 5.74) is -0.245. The lowest BCUT2D eigenvalue weighted by molar-refractivity contribution is -0.143. The molecule has 3 fully saturated rings. The van der Waals surface area contributed by atoms with Gasteiger partial charge < -0.3 is 0 Å². The maximum absolute atomic E-state index is 13.8. The highest BCUT2D eigenvalue weighted by molar-refractivity contribution is 8.00. The minimum atomic E-state index is -4.73. The molecular formula is C18H22F4N2S. The molecule has 1 saturated carbocycles. The van der Waals surface area contributed by atoms with Gasteiger partial charge in [-0.3, -0.25) is 4.90 Å².